The van der Waals surface area contributed by atoms with E-state index in [9.17, 15) is 13.2 Å². The quantitative estimate of drug-likeness (QED) is 0.733. The molecule has 1 aliphatic heterocycles. The summed E-state index contributed by atoms with van der Waals surface area (Å²) in [6.07, 6.45) is 0. The molecule has 0 unspecified atom stereocenters. The molecule has 0 aromatic heterocycles. The number of nitrogens with zero attached hydrogens (tertiary/aromatic N) is 1. The molecule has 2 N–H and O–H groups in total. The molecule has 0 radical (unpaired) electrons. The standard InChI is InChI=1S/C6H11F3N2S/c7-6(8,9)12-2-1-11-3-5(10)4-11/h5H,1-4,10H2. The van der Waals surface area contributed by atoms with Crippen LogP contribution in [-0.2, 0) is 0 Å². The van der Waals surface area contributed by atoms with E-state index in [1.54, 1.807) is 0 Å². The molecule has 0 spiro atoms. The Labute approximate surface area is 73.3 Å². The summed E-state index contributed by atoms with van der Waals surface area (Å²) in [7, 11) is 0. The van der Waals surface area contributed by atoms with Gasteiger partial charge < -0.3 is 5.73 Å². The molecular formula is C6H11F3N2S. The van der Waals surface area contributed by atoms with Gasteiger partial charge in [-0.3, -0.25) is 4.90 Å². The lowest BCUT2D eigenvalue weighted by atomic mass is 10.1. The molecule has 0 aliphatic carbocycles. The van der Waals surface area contributed by atoms with Crippen molar-refractivity contribution in [1.82, 2.24) is 4.90 Å². The Hall–Kier alpha value is 0.0600. The van der Waals surface area contributed by atoms with Crippen molar-refractivity contribution in [1.29, 1.82) is 0 Å². The minimum Gasteiger partial charge on any atom is -0.325 e. The second-order valence-electron chi connectivity index (χ2n) is 2.81. The summed E-state index contributed by atoms with van der Waals surface area (Å²) in [5.74, 6) is 0.107. The first-order valence-electron chi connectivity index (χ1n) is 3.66. The van der Waals surface area contributed by atoms with Gasteiger partial charge in [0.15, 0.2) is 0 Å². The Morgan fingerprint density at radius 1 is 1.42 bits per heavy atom. The zero-order chi connectivity index (χ0) is 9.19. The third kappa shape index (κ3) is 3.64. The van der Waals surface area contributed by atoms with Gasteiger partial charge >= 0.3 is 5.51 Å². The Morgan fingerprint density at radius 2 is 2.00 bits per heavy atom. The van der Waals surface area contributed by atoms with Crippen molar-refractivity contribution in [3.05, 3.63) is 0 Å². The zero-order valence-electron chi connectivity index (χ0n) is 6.47. The Kier molecular flexibility index (Phi) is 3.25. The highest BCUT2D eigenvalue weighted by Gasteiger charge is 2.29. The van der Waals surface area contributed by atoms with E-state index in [0.29, 0.717) is 6.54 Å². The van der Waals surface area contributed by atoms with Crippen LogP contribution in [0.15, 0.2) is 0 Å². The molecule has 0 aromatic carbocycles. The first-order chi connectivity index (χ1) is 5.47. The van der Waals surface area contributed by atoms with Gasteiger partial charge in [-0.15, -0.1) is 0 Å². The highest BCUT2D eigenvalue weighted by Crippen LogP contribution is 2.30. The van der Waals surface area contributed by atoms with Crippen molar-refractivity contribution >= 4 is 11.8 Å². The van der Waals surface area contributed by atoms with Crippen LogP contribution in [0, 0.1) is 0 Å². The summed E-state index contributed by atoms with van der Waals surface area (Å²) in [6, 6.07) is 0.167. The third-order valence-corrected chi connectivity index (χ3v) is 2.37. The van der Waals surface area contributed by atoms with Crippen LogP contribution in [0.25, 0.3) is 0 Å². The first-order valence-corrected chi connectivity index (χ1v) is 4.64. The summed E-state index contributed by atoms with van der Waals surface area (Å²) in [5, 5.41) is 0. The number of rotatable bonds is 3. The van der Waals surface area contributed by atoms with Crippen LogP contribution in [0.5, 0.6) is 0 Å². The SMILES string of the molecule is NC1CN(CCSC(F)(F)F)C1. The van der Waals surface area contributed by atoms with Gasteiger partial charge in [0, 0.05) is 31.4 Å². The Balaban J connectivity index is 1.97. The molecule has 6 heteroatoms. The topological polar surface area (TPSA) is 29.3 Å². The number of alkyl halides is 3. The van der Waals surface area contributed by atoms with E-state index in [4.69, 9.17) is 5.73 Å². The van der Waals surface area contributed by atoms with Gasteiger partial charge in [-0.25, -0.2) is 0 Å². The molecule has 12 heavy (non-hydrogen) atoms. The second kappa shape index (κ2) is 3.85. The van der Waals surface area contributed by atoms with Crippen LogP contribution in [-0.4, -0.2) is 41.8 Å². The smallest absolute Gasteiger partial charge is 0.325 e. The first kappa shape index (κ1) is 10.1. The third-order valence-electron chi connectivity index (χ3n) is 1.66. The number of nitrogens with two attached hydrogens (primary N) is 1. The molecule has 1 fully saturated rings. The van der Waals surface area contributed by atoms with Crippen molar-refractivity contribution < 1.29 is 13.2 Å². The summed E-state index contributed by atoms with van der Waals surface area (Å²) in [4.78, 5) is 1.92. The fourth-order valence-corrected chi connectivity index (χ4v) is 1.66. The lowest BCUT2D eigenvalue weighted by molar-refractivity contribution is -0.0329. The number of hydrogen-bond acceptors (Lipinski definition) is 3. The number of likely N-dealkylation sites (tertiary alicyclic amines) is 1. The minimum absolute atomic E-state index is 0.0299. The molecule has 0 amide bonds. The van der Waals surface area contributed by atoms with Crippen LogP contribution >= 0.6 is 11.8 Å². The van der Waals surface area contributed by atoms with Gasteiger partial charge in [0.05, 0.1) is 0 Å². The van der Waals surface area contributed by atoms with E-state index in [1.165, 1.54) is 0 Å². The summed E-state index contributed by atoms with van der Waals surface area (Å²) < 4.78 is 34.9. The predicted octanol–water partition coefficient (Wildman–Crippen LogP) is 0.882. The maximum atomic E-state index is 11.6. The van der Waals surface area contributed by atoms with Gasteiger partial charge in [-0.2, -0.15) is 13.2 Å². The normalized spacial score (nSPS) is 21.0. The van der Waals surface area contributed by atoms with Crippen molar-refractivity contribution in [3.63, 3.8) is 0 Å². The van der Waals surface area contributed by atoms with Crippen LogP contribution < -0.4 is 5.73 Å². The fraction of sp³-hybridized carbons (Fsp3) is 1.00. The van der Waals surface area contributed by atoms with Crippen LogP contribution in [0.2, 0.25) is 0 Å². The maximum absolute atomic E-state index is 11.6. The van der Waals surface area contributed by atoms with E-state index in [1.807, 2.05) is 4.90 Å². The van der Waals surface area contributed by atoms with Crippen molar-refractivity contribution in [2.45, 2.75) is 11.6 Å². The molecule has 1 rings (SSSR count). The molecular weight excluding hydrogens is 189 g/mol. The van der Waals surface area contributed by atoms with Gasteiger partial charge in [-0.1, -0.05) is 0 Å². The minimum atomic E-state index is -4.09. The molecule has 0 saturated carbocycles. The number of halogens is 3. The van der Waals surface area contributed by atoms with Gasteiger partial charge in [0.25, 0.3) is 0 Å². The fourth-order valence-electron chi connectivity index (χ4n) is 1.08. The second-order valence-corrected chi connectivity index (χ2v) is 3.97. The lowest BCUT2D eigenvalue weighted by Crippen LogP contribution is -2.56. The van der Waals surface area contributed by atoms with Crippen LogP contribution in [0.1, 0.15) is 0 Å². The van der Waals surface area contributed by atoms with Crippen molar-refractivity contribution in [2.75, 3.05) is 25.4 Å². The largest absolute Gasteiger partial charge is 0.441 e. The van der Waals surface area contributed by atoms with E-state index in [2.05, 4.69) is 0 Å². The lowest BCUT2D eigenvalue weighted by Gasteiger charge is -2.36. The highest BCUT2D eigenvalue weighted by molar-refractivity contribution is 8.00. The highest BCUT2D eigenvalue weighted by atomic mass is 32.2. The molecule has 1 heterocycles. The zero-order valence-corrected chi connectivity index (χ0v) is 7.29. The molecule has 0 bridgehead atoms. The Morgan fingerprint density at radius 3 is 2.42 bits per heavy atom. The van der Waals surface area contributed by atoms with E-state index in [-0.39, 0.29) is 23.6 Å². The summed E-state index contributed by atoms with van der Waals surface area (Å²) in [5.41, 5.74) is 1.37. The number of thioether (sulfide) groups is 1. The molecule has 1 aliphatic rings. The van der Waals surface area contributed by atoms with Gasteiger partial charge in [0.2, 0.25) is 0 Å². The Bertz CT molecular complexity index is 144. The predicted molar refractivity (Wildman–Crippen MR) is 42.9 cm³/mol. The van der Waals surface area contributed by atoms with Gasteiger partial charge in [0.1, 0.15) is 0 Å². The van der Waals surface area contributed by atoms with Crippen LogP contribution in [0.4, 0.5) is 13.2 Å². The molecule has 1 saturated heterocycles. The van der Waals surface area contributed by atoms with E-state index < -0.39 is 5.51 Å². The number of hydrogen-bond donors (Lipinski definition) is 1. The average Bonchev–Trinajstić information content (AvgIpc) is 1.81. The summed E-state index contributed by atoms with van der Waals surface area (Å²) >= 11 is 0.0299. The molecule has 0 aromatic rings. The molecule has 2 nitrogen and oxygen atoms in total. The van der Waals surface area contributed by atoms with Crippen molar-refractivity contribution in [2.24, 2.45) is 5.73 Å². The molecule has 72 valence electrons. The van der Waals surface area contributed by atoms with Crippen molar-refractivity contribution in [3.8, 4) is 0 Å². The van der Waals surface area contributed by atoms with E-state index in [0.717, 1.165) is 13.1 Å². The molecule has 0 atom stereocenters. The average molecular weight is 200 g/mol. The van der Waals surface area contributed by atoms with Crippen LogP contribution in [0.3, 0.4) is 0 Å². The monoisotopic (exact) mass is 200 g/mol. The van der Waals surface area contributed by atoms with E-state index >= 15 is 0 Å². The van der Waals surface area contributed by atoms with Gasteiger partial charge in [-0.05, 0) is 11.8 Å². The summed E-state index contributed by atoms with van der Waals surface area (Å²) in [6.45, 7) is 1.95. The maximum Gasteiger partial charge on any atom is 0.441 e.